The molecule has 5 nitrogen and oxygen atoms in total. The van der Waals surface area contributed by atoms with E-state index in [1.54, 1.807) is 0 Å². The van der Waals surface area contributed by atoms with Crippen LogP contribution in [0.5, 0.6) is 0 Å². The molecule has 1 saturated carbocycles. The quantitative estimate of drug-likeness (QED) is 0.792. The highest BCUT2D eigenvalue weighted by atomic mass is 32.2. The van der Waals surface area contributed by atoms with E-state index in [9.17, 15) is 13.2 Å². The van der Waals surface area contributed by atoms with Gasteiger partial charge in [-0.2, -0.15) is 0 Å². The van der Waals surface area contributed by atoms with Gasteiger partial charge < -0.3 is 5.11 Å². The van der Waals surface area contributed by atoms with Gasteiger partial charge in [0.25, 0.3) is 0 Å². The molecule has 0 saturated heterocycles. The van der Waals surface area contributed by atoms with Crippen LogP contribution in [0.4, 0.5) is 0 Å². The number of hydrogen-bond acceptors (Lipinski definition) is 4. The highest BCUT2D eigenvalue weighted by Gasteiger charge is 2.29. The maximum absolute atomic E-state index is 11.8. The van der Waals surface area contributed by atoms with Crippen molar-refractivity contribution in [3.8, 4) is 0 Å². The molecule has 0 radical (unpaired) electrons. The summed E-state index contributed by atoms with van der Waals surface area (Å²) in [6.07, 6.45) is 0.855. The van der Waals surface area contributed by atoms with Gasteiger partial charge in [-0.15, -0.1) is 11.3 Å². The van der Waals surface area contributed by atoms with Gasteiger partial charge in [-0.1, -0.05) is 12.2 Å². The summed E-state index contributed by atoms with van der Waals surface area (Å²) >= 11 is 0.748. The number of thiophene rings is 1. The molecule has 0 bridgehead atoms. The fraction of sp³-hybridized carbons (Fsp3) is 0.300. The Morgan fingerprint density at radius 1 is 1.59 bits per heavy atom. The molecule has 2 rings (SSSR count). The van der Waals surface area contributed by atoms with Crippen molar-refractivity contribution in [2.45, 2.75) is 10.6 Å². The van der Waals surface area contributed by atoms with Crippen LogP contribution in [0.25, 0.3) is 0 Å². The molecular weight excluding hydrogens is 262 g/mol. The van der Waals surface area contributed by atoms with Gasteiger partial charge in [0.1, 0.15) is 9.09 Å². The molecule has 1 unspecified atom stereocenters. The van der Waals surface area contributed by atoms with Gasteiger partial charge in [-0.05, 0) is 24.5 Å². The van der Waals surface area contributed by atoms with Crippen LogP contribution in [0.1, 0.15) is 16.1 Å². The average Bonchev–Trinajstić information content (AvgIpc) is 2.78. The number of carbonyl (C=O) groups is 1. The lowest BCUT2D eigenvalue weighted by Gasteiger charge is -2.02. The SMILES string of the molecule is C=C1CC1CNS(=O)(=O)c1ccc(C(=O)O)s1. The van der Waals surface area contributed by atoms with E-state index in [4.69, 9.17) is 5.11 Å². The van der Waals surface area contributed by atoms with Crippen LogP contribution in [0.2, 0.25) is 0 Å². The summed E-state index contributed by atoms with van der Waals surface area (Å²) in [7, 11) is -3.59. The normalized spacial score (nSPS) is 19.3. The minimum atomic E-state index is -3.59. The van der Waals surface area contributed by atoms with E-state index in [2.05, 4.69) is 11.3 Å². The zero-order valence-electron chi connectivity index (χ0n) is 8.84. The lowest BCUT2D eigenvalue weighted by atomic mass is 10.4. The fourth-order valence-electron chi connectivity index (χ4n) is 1.34. The number of hydrogen-bond donors (Lipinski definition) is 2. The zero-order chi connectivity index (χ0) is 12.6. The smallest absolute Gasteiger partial charge is 0.345 e. The molecule has 2 N–H and O–H groups in total. The number of carboxylic acids is 1. The molecule has 1 atom stereocenters. The second kappa shape index (κ2) is 4.25. The molecule has 1 aromatic rings. The van der Waals surface area contributed by atoms with Crippen LogP contribution < -0.4 is 4.72 Å². The molecule has 1 aromatic heterocycles. The third-order valence-corrected chi connectivity index (χ3v) is 5.49. The molecule has 1 heterocycles. The summed E-state index contributed by atoms with van der Waals surface area (Å²) in [6, 6.07) is 2.59. The Morgan fingerprint density at radius 3 is 2.71 bits per heavy atom. The predicted octanol–water partition coefficient (Wildman–Crippen LogP) is 1.30. The van der Waals surface area contributed by atoms with E-state index < -0.39 is 16.0 Å². The minimum absolute atomic E-state index is 0.0150. The summed E-state index contributed by atoms with van der Waals surface area (Å²) in [4.78, 5) is 10.7. The Balaban J connectivity index is 2.08. The van der Waals surface area contributed by atoms with E-state index in [1.165, 1.54) is 12.1 Å². The molecule has 1 aliphatic carbocycles. The van der Waals surface area contributed by atoms with E-state index in [0.29, 0.717) is 6.54 Å². The molecule has 1 fully saturated rings. The zero-order valence-corrected chi connectivity index (χ0v) is 10.5. The van der Waals surface area contributed by atoms with E-state index >= 15 is 0 Å². The molecule has 0 aliphatic heterocycles. The highest BCUT2D eigenvalue weighted by molar-refractivity contribution is 7.91. The first kappa shape index (κ1) is 12.3. The van der Waals surface area contributed by atoms with Gasteiger partial charge in [-0.3, -0.25) is 0 Å². The summed E-state index contributed by atoms with van der Waals surface area (Å²) in [5.74, 6) is -0.893. The first-order chi connectivity index (χ1) is 7.90. The van der Waals surface area contributed by atoms with Crippen molar-refractivity contribution >= 4 is 27.3 Å². The van der Waals surface area contributed by atoms with Crippen molar-refractivity contribution in [1.29, 1.82) is 0 Å². The number of rotatable bonds is 5. The molecule has 0 spiro atoms. The Hall–Kier alpha value is -1.18. The van der Waals surface area contributed by atoms with Crippen LogP contribution in [0.15, 0.2) is 28.5 Å². The summed E-state index contributed by atoms with van der Waals surface area (Å²) in [5.41, 5.74) is 1.05. The van der Waals surface area contributed by atoms with E-state index in [-0.39, 0.29) is 15.0 Å². The van der Waals surface area contributed by atoms with Crippen LogP contribution in [0.3, 0.4) is 0 Å². The molecule has 17 heavy (non-hydrogen) atoms. The first-order valence-electron chi connectivity index (χ1n) is 4.90. The van der Waals surface area contributed by atoms with Crippen molar-refractivity contribution < 1.29 is 18.3 Å². The summed E-state index contributed by atoms with van der Waals surface area (Å²) < 4.78 is 26.0. The minimum Gasteiger partial charge on any atom is -0.477 e. The Bertz CT molecular complexity index is 573. The standard InChI is InChI=1S/C10H11NO4S2/c1-6-4-7(6)5-11-17(14,15)9-3-2-8(16-9)10(12)13/h2-3,7,11H,1,4-5H2,(H,12,13). The largest absolute Gasteiger partial charge is 0.477 e. The van der Waals surface area contributed by atoms with Crippen molar-refractivity contribution in [3.63, 3.8) is 0 Å². The first-order valence-corrected chi connectivity index (χ1v) is 7.20. The molecule has 92 valence electrons. The van der Waals surface area contributed by atoms with Crippen molar-refractivity contribution in [2.75, 3.05) is 6.54 Å². The molecule has 0 amide bonds. The molecular formula is C10H11NO4S2. The van der Waals surface area contributed by atoms with E-state index in [1.807, 2.05) is 0 Å². The number of nitrogens with one attached hydrogen (secondary N) is 1. The van der Waals surface area contributed by atoms with E-state index in [0.717, 1.165) is 23.3 Å². The van der Waals surface area contributed by atoms with Gasteiger partial charge >= 0.3 is 5.97 Å². The van der Waals surface area contributed by atoms with Crippen LogP contribution >= 0.6 is 11.3 Å². The maximum atomic E-state index is 11.8. The Labute approximate surface area is 103 Å². The van der Waals surface area contributed by atoms with Crippen molar-refractivity contribution in [1.82, 2.24) is 4.72 Å². The maximum Gasteiger partial charge on any atom is 0.345 e. The van der Waals surface area contributed by atoms with Gasteiger partial charge in [0, 0.05) is 6.54 Å². The van der Waals surface area contributed by atoms with Gasteiger partial charge in [-0.25, -0.2) is 17.9 Å². The van der Waals surface area contributed by atoms with Gasteiger partial charge in [0.15, 0.2) is 0 Å². The number of aromatic carboxylic acids is 1. The summed E-state index contributed by atoms with van der Waals surface area (Å²) in [6.45, 7) is 4.07. The second-order valence-electron chi connectivity index (χ2n) is 3.84. The van der Waals surface area contributed by atoms with Crippen LogP contribution in [0, 0.1) is 5.92 Å². The lowest BCUT2D eigenvalue weighted by molar-refractivity contribution is 0.0702. The Morgan fingerprint density at radius 2 is 2.24 bits per heavy atom. The topological polar surface area (TPSA) is 83.5 Å². The second-order valence-corrected chi connectivity index (χ2v) is 6.91. The van der Waals surface area contributed by atoms with Crippen molar-refractivity contribution in [3.05, 3.63) is 29.2 Å². The molecule has 7 heteroatoms. The van der Waals surface area contributed by atoms with Crippen LogP contribution in [-0.2, 0) is 10.0 Å². The molecule has 1 aliphatic rings. The monoisotopic (exact) mass is 273 g/mol. The predicted molar refractivity (Wildman–Crippen MR) is 63.7 cm³/mol. The lowest BCUT2D eigenvalue weighted by Crippen LogP contribution is -2.25. The summed E-state index contributed by atoms with van der Waals surface area (Å²) in [5, 5.41) is 8.71. The fourth-order valence-corrected chi connectivity index (χ4v) is 3.61. The number of carboxylic acid groups (broad SMARTS) is 1. The van der Waals surface area contributed by atoms with Crippen LogP contribution in [-0.4, -0.2) is 26.0 Å². The van der Waals surface area contributed by atoms with Crippen molar-refractivity contribution in [2.24, 2.45) is 5.92 Å². The third-order valence-electron chi connectivity index (χ3n) is 2.50. The molecule has 0 aromatic carbocycles. The van der Waals surface area contributed by atoms with Gasteiger partial charge in [0.05, 0.1) is 0 Å². The third kappa shape index (κ3) is 2.74. The Kier molecular flexibility index (Phi) is 3.07. The highest BCUT2D eigenvalue weighted by Crippen LogP contribution is 2.35. The number of sulfonamides is 1. The average molecular weight is 273 g/mol. The van der Waals surface area contributed by atoms with Gasteiger partial charge in [0.2, 0.25) is 10.0 Å².